The van der Waals surface area contributed by atoms with E-state index in [-0.39, 0.29) is 16.9 Å². The second kappa shape index (κ2) is 5.70. The molecular weight excluding hydrogens is 222 g/mol. The molecule has 1 N–H and O–H groups in total. The van der Waals surface area contributed by atoms with Gasteiger partial charge in [0.05, 0.1) is 5.25 Å². The lowest BCUT2D eigenvalue weighted by Gasteiger charge is -2.09. The van der Waals surface area contributed by atoms with Crippen molar-refractivity contribution >= 4 is 23.5 Å². The van der Waals surface area contributed by atoms with Gasteiger partial charge in [0, 0.05) is 17.5 Å². The van der Waals surface area contributed by atoms with Crippen molar-refractivity contribution in [1.82, 2.24) is 5.32 Å². The molecule has 1 unspecified atom stereocenters. The van der Waals surface area contributed by atoms with Crippen LogP contribution in [0.4, 0.5) is 0 Å². The summed E-state index contributed by atoms with van der Waals surface area (Å²) < 4.78 is 0. The summed E-state index contributed by atoms with van der Waals surface area (Å²) in [6, 6.07) is 7.28. The first-order valence-corrected chi connectivity index (χ1v) is 5.92. The smallest absolute Gasteiger partial charge is 0.232 e. The number of nitrogens with one attached hydrogen (secondary N) is 1. The number of benzene rings is 1. The van der Waals surface area contributed by atoms with Gasteiger partial charge in [0.25, 0.3) is 0 Å². The molecule has 0 heterocycles. The third-order valence-electron chi connectivity index (χ3n) is 2.19. The molecule has 0 radical (unpaired) electrons. The van der Waals surface area contributed by atoms with Crippen LogP contribution in [-0.4, -0.2) is 24.0 Å². The average Bonchev–Trinajstić information content (AvgIpc) is 2.28. The van der Waals surface area contributed by atoms with Crippen LogP contribution in [0.15, 0.2) is 29.2 Å². The van der Waals surface area contributed by atoms with Gasteiger partial charge in [0.2, 0.25) is 5.91 Å². The summed E-state index contributed by atoms with van der Waals surface area (Å²) in [5.41, 5.74) is 0.692. The number of carbonyl (C=O) groups excluding carboxylic acids is 2. The number of rotatable bonds is 4. The second-order valence-electron chi connectivity index (χ2n) is 3.45. The minimum atomic E-state index is -0.131. The van der Waals surface area contributed by atoms with Gasteiger partial charge in [-0.1, -0.05) is 12.1 Å². The lowest BCUT2D eigenvalue weighted by molar-refractivity contribution is -0.119. The number of hydrogen-bond donors (Lipinski definition) is 1. The molecule has 1 amide bonds. The van der Waals surface area contributed by atoms with E-state index in [1.54, 1.807) is 19.2 Å². The van der Waals surface area contributed by atoms with E-state index in [0.717, 1.165) is 4.90 Å². The average molecular weight is 237 g/mol. The highest BCUT2D eigenvalue weighted by atomic mass is 32.2. The molecule has 0 aliphatic rings. The maximum absolute atomic E-state index is 11.3. The van der Waals surface area contributed by atoms with E-state index in [4.69, 9.17) is 0 Å². The van der Waals surface area contributed by atoms with Crippen molar-refractivity contribution in [3.05, 3.63) is 29.8 Å². The van der Waals surface area contributed by atoms with E-state index >= 15 is 0 Å². The van der Waals surface area contributed by atoms with E-state index in [2.05, 4.69) is 5.32 Å². The molecule has 1 aromatic carbocycles. The first kappa shape index (κ1) is 12.8. The molecule has 16 heavy (non-hydrogen) atoms. The summed E-state index contributed by atoms with van der Waals surface area (Å²) >= 11 is 1.47. The fraction of sp³-hybridized carbons (Fsp3) is 0.333. The number of carbonyl (C=O) groups is 2. The number of amides is 1. The van der Waals surface area contributed by atoms with E-state index in [1.807, 2.05) is 19.1 Å². The van der Waals surface area contributed by atoms with Crippen molar-refractivity contribution in [3.63, 3.8) is 0 Å². The molecule has 1 rings (SSSR count). The van der Waals surface area contributed by atoms with Gasteiger partial charge in [0.15, 0.2) is 5.78 Å². The third kappa shape index (κ3) is 3.38. The van der Waals surface area contributed by atoms with Gasteiger partial charge in [-0.25, -0.2) is 0 Å². The fourth-order valence-electron chi connectivity index (χ4n) is 1.23. The van der Waals surface area contributed by atoms with Crippen molar-refractivity contribution < 1.29 is 9.59 Å². The van der Waals surface area contributed by atoms with Gasteiger partial charge in [-0.05, 0) is 26.0 Å². The molecule has 0 saturated carbocycles. The van der Waals surface area contributed by atoms with E-state index in [0.29, 0.717) is 5.56 Å². The molecule has 3 nitrogen and oxygen atoms in total. The highest BCUT2D eigenvalue weighted by Gasteiger charge is 2.12. The van der Waals surface area contributed by atoms with Crippen LogP contribution in [0.1, 0.15) is 24.2 Å². The zero-order valence-corrected chi connectivity index (χ0v) is 10.4. The Bertz CT molecular complexity index is 387. The monoisotopic (exact) mass is 237 g/mol. The van der Waals surface area contributed by atoms with Gasteiger partial charge in [-0.15, -0.1) is 11.8 Å². The van der Waals surface area contributed by atoms with Gasteiger partial charge in [0.1, 0.15) is 0 Å². The van der Waals surface area contributed by atoms with Crippen LogP contribution in [-0.2, 0) is 4.79 Å². The Balaban J connectivity index is 2.68. The Morgan fingerprint density at radius 1 is 1.25 bits per heavy atom. The molecule has 4 heteroatoms. The maximum Gasteiger partial charge on any atom is 0.232 e. The number of hydrogen-bond acceptors (Lipinski definition) is 3. The summed E-state index contributed by atoms with van der Waals surface area (Å²) in [5, 5.41) is 2.47. The quantitative estimate of drug-likeness (QED) is 0.644. The van der Waals surface area contributed by atoms with Gasteiger partial charge >= 0.3 is 0 Å². The van der Waals surface area contributed by atoms with Crippen LogP contribution in [0, 0.1) is 0 Å². The lowest BCUT2D eigenvalue weighted by atomic mass is 10.2. The largest absolute Gasteiger partial charge is 0.358 e. The highest BCUT2D eigenvalue weighted by molar-refractivity contribution is 8.00. The zero-order valence-electron chi connectivity index (χ0n) is 9.61. The second-order valence-corrected chi connectivity index (χ2v) is 4.87. The normalized spacial score (nSPS) is 11.9. The Labute approximate surface area is 99.6 Å². The van der Waals surface area contributed by atoms with E-state index in [1.165, 1.54) is 18.7 Å². The van der Waals surface area contributed by atoms with Gasteiger partial charge in [-0.3, -0.25) is 9.59 Å². The maximum atomic E-state index is 11.3. The highest BCUT2D eigenvalue weighted by Crippen LogP contribution is 2.23. The molecule has 0 aliphatic carbocycles. The molecule has 0 aliphatic heterocycles. The summed E-state index contributed by atoms with van der Waals surface area (Å²) in [4.78, 5) is 23.4. The van der Waals surface area contributed by atoms with Crippen LogP contribution < -0.4 is 5.32 Å². The Kier molecular flexibility index (Phi) is 4.55. The fourth-order valence-corrected chi connectivity index (χ4v) is 2.16. The van der Waals surface area contributed by atoms with Crippen molar-refractivity contribution in [2.45, 2.75) is 24.0 Å². The van der Waals surface area contributed by atoms with E-state index < -0.39 is 0 Å². The Hall–Kier alpha value is -1.29. The number of thioether (sulfide) groups is 1. The van der Waals surface area contributed by atoms with Gasteiger partial charge < -0.3 is 5.32 Å². The first-order valence-electron chi connectivity index (χ1n) is 5.04. The van der Waals surface area contributed by atoms with Crippen LogP contribution in [0.5, 0.6) is 0 Å². The molecule has 0 saturated heterocycles. The molecule has 1 atom stereocenters. The standard InChI is InChI=1S/C12H15NO2S/c1-8(14)10-4-6-11(7-5-10)16-9(2)12(15)13-3/h4-7,9H,1-3H3,(H,13,15). The van der Waals surface area contributed by atoms with Crippen LogP contribution in [0.2, 0.25) is 0 Å². The Morgan fingerprint density at radius 2 is 1.81 bits per heavy atom. The predicted molar refractivity (Wildman–Crippen MR) is 65.8 cm³/mol. The minimum absolute atomic E-state index is 0.000597. The number of ketones is 1. The molecule has 86 valence electrons. The topological polar surface area (TPSA) is 46.2 Å². The summed E-state index contributed by atoms with van der Waals surface area (Å²) in [7, 11) is 1.62. The van der Waals surface area contributed by atoms with Gasteiger partial charge in [-0.2, -0.15) is 0 Å². The van der Waals surface area contributed by atoms with Crippen molar-refractivity contribution in [1.29, 1.82) is 0 Å². The molecule has 0 aromatic heterocycles. The van der Waals surface area contributed by atoms with Crippen molar-refractivity contribution in [2.75, 3.05) is 7.05 Å². The molecule has 0 spiro atoms. The summed E-state index contributed by atoms with van der Waals surface area (Å²) in [6.07, 6.45) is 0. The predicted octanol–water partition coefficient (Wildman–Crippen LogP) is 2.12. The van der Waals surface area contributed by atoms with Crippen molar-refractivity contribution in [3.8, 4) is 0 Å². The minimum Gasteiger partial charge on any atom is -0.358 e. The third-order valence-corrected chi connectivity index (χ3v) is 3.30. The molecule has 0 bridgehead atoms. The van der Waals surface area contributed by atoms with Crippen molar-refractivity contribution in [2.24, 2.45) is 0 Å². The van der Waals surface area contributed by atoms with Crippen LogP contribution in [0.25, 0.3) is 0 Å². The van der Waals surface area contributed by atoms with Crippen LogP contribution >= 0.6 is 11.8 Å². The first-order chi connectivity index (χ1) is 7.54. The molecular formula is C12H15NO2S. The molecule has 1 aromatic rings. The summed E-state index contributed by atoms with van der Waals surface area (Å²) in [5.74, 6) is 0.0524. The SMILES string of the molecule is CNC(=O)C(C)Sc1ccc(C(C)=O)cc1. The van der Waals surface area contributed by atoms with Crippen LogP contribution in [0.3, 0.4) is 0 Å². The molecule has 0 fully saturated rings. The zero-order chi connectivity index (χ0) is 12.1. The number of Topliss-reactive ketones (excluding diaryl/α,β-unsaturated/α-hetero) is 1. The Morgan fingerprint density at radius 3 is 2.25 bits per heavy atom. The lowest BCUT2D eigenvalue weighted by Crippen LogP contribution is -2.27. The van der Waals surface area contributed by atoms with E-state index in [9.17, 15) is 9.59 Å². The summed E-state index contributed by atoms with van der Waals surface area (Å²) in [6.45, 7) is 3.39.